The SMILES string of the molecule is O=C(Nc1cccc(C(F)(F)F)c1)c1cnc(NCCc2ccccc2)nc1. The lowest BCUT2D eigenvalue weighted by Gasteiger charge is -2.10. The number of hydrogen-bond acceptors (Lipinski definition) is 4. The van der Waals surface area contributed by atoms with Crippen LogP contribution in [0.4, 0.5) is 24.8 Å². The van der Waals surface area contributed by atoms with Crippen LogP contribution in [0, 0.1) is 0 Å². The third-order valence-corrected chi connectivity index (χ3v) is 3.90. The van der Waals surface area contributed by atoms with Crippen molar-refractivity contribution in [2.24, 2.45) is 0 Å². The molecule has 1 amide bonds. The number of hydrogen-bond donors (Lipinski definition) is 2. The number of nitrogens with zero attached hydrogens (tertiary/aromatic N) is 2. The van der Waals surface area contributed by atoms with Crippen molar-refractivity contribution in [1.29, 1.82) is 0 Å². The number of alkyl halides is 3. The molecule has 0 saturated carbocycles. The predicted molar refractivity (Wildman–Crippen MR) is 100 cm³/mol. The first kappa shape index (κ1) is 19.3. The Kier molecular flexibility index (Phi) is 5.88. The van der Waals surface area contributed by atoms with Crippen molar-refractivity contribution in [2.75, 3.05) is 17.2 Å². The summed E-state index contributed by atoms with van der Waals surface area (Å²) in [4.78, 5) is 20.3. The van der Waals surface area contributed by atoms with Crippen LogP contribution in [0.1, 0.15) is 21.5 Å². The molecule has 8 heteroatoms. The van der Waals surface area contributed by atoms with Crippen LogP contribution < -0.4 is 10.6 Å². The normalized spacial score (nSPS) is 11.1. The summed E-state index contributed by atoms with van der Waals surface area (Å²) in [5, 5.41) is 5.47. The zero-order valence-electron chi connectivity index (χ0n) is 14.7. The first-order valence-electron chi connectivity index (χ1n) is 8.50. The van der Waals surface area contributed by atoms with Gasteiger partial charge in [0.05, 0.1) is 11.1 Å². The van der Waals surface area contributed by atoms with Gasteiger partial charge in [0.2, 0.25) is 5.95 Å². The molecule has 1 aromatic heterocycles. The highest BCUT2D eigenvalue weighted by atomic mass is 19.4. The molecular formula is C20H17F3N4O. The summed E-state index contributed by atoms with van der Waals surface area (Å²) in [6.45, 7) is 0.625. The minimum absolute atomic E-state index is 0.0462. The lowest BCUT2D eigenvalue weighted by atomic mass is 10.1. The molecule has 0 atom stereocenters. The van der Waals surface area contributed by atoms with Gasteiger partial charge in [-0.2, -0.15) is 13.2 Å². The Labute approximate surface area is 159 Å². The number of aromatic nitrogens is 2. The number of anilines is 2. The molecular weight excluding hydrogens is 369 g/mol. The van der Waals surface area contributed by atoms with Crippen LogP contribution in [0.25, 0.3) is 0 Å². The van der Waals surface area contributed by atoms with Crippen LogP contribution in [-0.4, -0.2) is 22.4 Å². The molecule has 3 rings (SSSR count). The fourth-order valence-corrected chi connectivity index (χ4v) is 2.48. The Balaban J connectivity index is 1.56. The highest BCUT2D eigenvalue weighted by Gasteiger charge is 2.30. The van der Waals surface area contributed by atoms with Crippen molar-refractivity contribution < 1.29 is 18.0 Å². The lowest BCUT2D eigenvalue weighted by molar-refractivity contribution is -0.137. The minimum Gasteiger partial charge on any atom is -0.354 e. The van der Waals surface area contributed by atoms with Gasteiger partial charge in [-0.05, 0) is 30.2 Å². The molecule has 144 valence electrons. The summed E-state index contributed by atoms with van der Waals surface area (Å²) in [6.07, 6.45) is -1.04. The first-order valence-corrected chi connectivity index (χ1v) is 8.50. The highest BCUT2D eigenvalue weighted by Crippen LogP contribution is 2.30. The number of amides is 1. The van der Waals surface area contributed by atoms with Crippen LogP contribution in [-0.2, 0) is 12.6 Å². The quantitative estimate of drug-likeness (QED) is 0.659. The zero-order chi connectivity index (χ0) is 20.0. The van der Waals surface area contributed by atoms with E-state index in [0.717, 1.165) is 18.6 Å². The Morgan fingerprint density at radius 2 is 1.68 bits per heavy atom. The van der Waals surface area contributed by atoms with Crippen molar-refractivity contribution in [3.8, 4) is 0 Å². The van der Waals surface area contributed by atoms with Gasteiger partial charge < -0.3 is 10.6 Å². The second-order valence-electron chi connectivity index (χ2n) is 5.99. The van der Waals surface area contributed by atoms with Crippen molar-refractivity contribution in [3.05, 3.63) is 83.7 Å². The highest BCUT2D eigenvalue weighted by molar-refractivity contribution is 6.03. The molecule has 5 nitrogen and oxygen atoms in total. The lowest BCUT2D eigenvalue weighted by Crippen LogP contribution is -2.15. The number of carbonyl (C=O) groups is 1. The molecule has 2 aromatic carbocycles. The van der Waals surface area contributed by atoms with Crippen LogP contribution in [0.2, 0.25) is 0 Å². The summed E-state index contributed by atoms with van der Waals surface area (Å²) >= 11 is 0. The fourth-order valence-electron chi connectivity index (χ4n) is 2.48. The topological polar surface area (TPSA) is 66.9 Å². The molecule has 0 aliphatic heterocycles. The number of benzene rings is 2. The van der Waals surface area contributed by atoms with Crippen molar-refractivity contribution >= 4 is 17.5 Å². The van der Waals surface area contributed by atoms with Crippen LogP contribution in [0.15, 0.2) is 67.0 Å². The van der Waals surface area contributed by atoms with Gasteiger partial charge in [0.1, 0.15) is 0 Å². The molecule has 28 heavy (non-hydrogen) atoms. The first-order chi connectivity index (χ1) is 13.4. The van der Waals surface area contributed by atoms with Gasteiger partial charge in [-0.25, -0.2) is 9.97 Å². The van der Waals surface area contributed by atoms with E-state index >= 15 is 0 Å². The van der Waals surface area contributed by atoms with E-state index in [0.29, 0.717) is 12.5 Å². The fraction of sp³-hybridized carbons (Fsp3) is 0.150. The summed E-state index contributed by atoms with van der Waals surface area (Å²) < 4.78 is 38.2. The standard InChI is InChI=1S/C20H17F3N4O/c21-20(22,23)16-7-4-8-17(11-16)27-18(28)15-12-25-19(26-13-15)24-10-9-14-5-2-1-3-6-14/h1-8,11-13H,9-10H2,(H,27,28)(H,24,25,26). The molecule has 0 unspecified atom stereocenters. The Hall–Kier alpha value is -3.42. The third-order valence-electron chi connectivity index (χ3n) is 3.90. The summed E-state index contributed by atoms with van der Waals surface area (Å²) in [5.41, 5.74) is 0.530. The molecule has 0 fully saturated rings. The van der Waals surface area contributed by atoms with E-state index in [-0.39, 0.29) is 11.3 Å². The Morgan fingerprint density at radius 1 is 0.964 bits per heavy atom. The van der Waals surface area contributed by atoms with Crippen molar-refractivity contribution in [2.45, 2.75) is 12.6 Å². The van der Waals surface area contributed by atoms with Crippen LogP contribution in [0.5, 0.6) is 0 Å². The predicted octanol–water partition coefficient (Wildman–Crippen LogP) is 4.40. The molecule has 1 heterocycles. The van der Waals surface area contributed by atoms with E-state index in [4.69, 9.17) is 0 Å². The van der Waals surface area contributed by atoms with Gasteiger partial charge in [-0.1, -0.05) is 36.4 Å². The molecule has 0 saturated heterocycles. The molecule has 0 spiro atoms. The van der Waals surface area contributed by atoms with E-state index in [1.165, 1.54) is 30.1 Å². The molecule has 3 aromatic rings. The molecule has 2 N–H and O–H groups in total. The van der Waals surface area contributed by atoms with E-state index in [9.17, 15) is 18.0 Å². The molecule has 0 bridgehead atoms. The number of nitrogens with one attached hydrogen (secondary N) is 2. The number of rotatable bonds is 6. The van der Waals surface area contributed by atoms with Gasteiger partial charge in [-0.15, -0.1) is 0 Å². The van der Waals surface area contributed by atoms with Gasteiger partial charge in [0.15, 0.2) is 0 Å². The Bertz CT molecular complexity index is 928. The molecule has 0 aliphatic carbocycles. The van der Waals surface area contributed by atoms with E-state index in [1.54, 1.807) is 0 Å². The van der Waals surface area contributed by atoms with E-state index in [2.05, 4.69) is 20.6 Å². The maximum absolute atomic E-state index is 12.7. The molecule has 0 aliphatic rings. The summed E-state index contributed by atoms with van der Waals surface area (Å²) in [7, 11) is 0. The van der Waals surface area contributed by atoms with Crippen LogP contribution >= 0.6 is 0 Å². The van der Waals surface area contributed by atoms with Gasteiger partial charge >= 0.3 is 6.18 Å². The van der Waals surface area contributed by atoms with Crippen molar-refractivity contribution in [1.82, 2.24) is 9.97 Å². The second kappa shape index (κ2) is 8.51. The summed E-state index contributed by atoms with van der Waals surface area (Å²) in [6, 6.07) is 14.3. The van der Waals surface area contributed by atoms with Gasteiger partial charge in [-0.3, -0.25) is 4.79 Å². The summed E-state index contributed by atoms with van der Waals surface area (Å²) in [5.74, 6) is -0.221. The van der Waals surface area contributed by atoms with E-state index < -0.39 is 17.6 Å². The second-order valence-corrected chi connectivity index (χ2v) is 5.99. The zero-order valence-corrected chi connectivity index (χ0v) is 14.7. The van der Waals surface area contributed by atoms with Gasteiger partial charge in [0.25, 0.3) is 5.91 Å². The maximum atomic E-state index is 12.7. The maximum Gasteiger partial charge on any atom is 0.416 e. The average molecular weight is 386 g/mol. The van der Waals surface area contributed by atoms with Crippen LogP contribution in [0.3, 0.4) is 0 Å². The Morgan fingerprint density at radius 3 is 2.36 bits per heavy atom. The van der Waals surface area contributed by atoms with Gasteiger partial charge in [0, 0.05) is 24.6 Å². The number of halogens is 3. The number of carbonyl (C=O) groups excluding carboxylic acids is 1. The van der Waals surface area contributed by atoms with E-state index in [1.807, 2.05) is 30.3 Å². The monoisotopic (exact) mass is 386 g/mol. The third kappa shape index (κ3) is 5.29. The van der Waals surface area contributed by atoms with Crippen molar-refractivity contribution in [3.63, 3.8) is 0 Å². The minimum atomic E-state index is -4.48. The smallest absolute Gasteiger partial charge is 0.354 e. The average Bonchev–Trinajstić information content (AvgIpc) is 2.69. The largest absolute Gasteiger partial charge is 0.416 e. The molecule has 0 radical (unpaired) electrons.